The molecule has 1 aliphatic heterocycles. The highest BCUT2D eigenvalue weighted by atomic mass is 28.3. The Hall–Kier alpha value is -1.64. The van der Waals surface area contributed by atoms with Gasteiger partial charge in [-0.25, -0.2) is 0 Å². The molecule has 0 radical (unpaired) electrons. The van der Waals surface area contributed by atoms with Gasteiger partial charge in [0.25, 0.3) is 0 Å². The highest BCUT2D eigenvalue weighted by Gasteiger charge is 2.39. The Labute approximate surface area is 108 Å². The summed E-state index contributed by atoms with van der Waals surface area (Å²) in [5.41, 5.74) is 2.28. The van der Waals surface area contributed by atoms with E-state index >= 15 is 0 Å². The molecule has 0 saturated heterocycles. The van der Waals surface area contributed by atoms with E-state index in [1.165, 1.54) is 10.4 Å². The van der Waals surface area contributed by atoms with Crippen molar-refractivity contribution >= 4 is 18.4 Å². The maximum atomic E-state index is 9.94. The average Bonchev–Trinajstić information content (AvgIpc) is 2.84. The second kappa shape index (κ2) is 4.56. The van der Waals surface area contributed by atoms with Crippen molar-refractivity contribution in [2.45, 2.75) is 12.1 Å². The van der Waals surface area contributed by atoms with Crippen LogP contribution in [0.4, 0.5) is 0 Å². The summed E-state index contributed by atoms with van der Waals surface area (Å²) in [5.74, 6) is 0. The largest absolute Gasteiger partial charge is 0.389 e. The summed E-state index contributed by atoms with van der Waals surface area (Å²) in [6, 6.07) is 22.1. The molecule has 1 atom stereocenters. The van der Waals surface area contributed by atoms with E-state index in [0.29, 0.717) is 0 Å². The minimum absolute atomic E-state index is 0.294. The molecule has 0 aliphatic carbocycles. The van der Waals surface area contributed by atoms with E-state index in [2.05, 4.69) is 54.2 Å². The van der Waals surface area contributed by atoms with Crippen LogP contribution in [0.2, 0.25) is 6.04 Å². The third kappa shape index (κ3) is 1.84. The van der Waals surface area contributed by atoms with Gasteiger partial charge in [0.15, 0.2) is 0 Å². The fourth-order valence-corrected chi connectivity index (χ4v) is 7.05. The fourth-order valence-electron chi connectivity index (χ4n) is 2.81. The van der Waals surface area contributed by atoms with E-state index in [-0.39, 0.29) is 6.10 Å². The van der Waals surface area contributed by atoms with Crippen LogP contribution >= 0.6 is 0 Å². The summed E-state index contributed by atoms with van der Waals surface area (Å²) >= 11 is 0. The summed E-state index contributed by atoms with van der Waals surface area (Å²) in [5, 5.41) is 12.7. The van der Waals surface area contributed by atoms with E-state index in [0.717, 1.165) is 6.04 Å². The fraction of sp³-hybridized carbons (Fsp3) is 0.125. The van der Waals surface area contributed by atoms with Gasteiger partial charge < -0.3 is 5.11 Å². The van der Waals surface area contributed by atoms with Gasteiger partial charge in [0.05, 0.1) is 6.10 Å². The number of hydrogen-bond donors (Lipinski definition) is 1. The van der Waals surface area contributed by atoms with Crippen LogP contribution < -0.4 is 10.4 Å². The maximum Gasteiger partial charge on any atom is 0.143 e. The first-order valence-electron chi connectivity index (χ1n) is 6.30. The van der Waals surface area contributed by atoms with Crippen molar-refractivity contribution in [2.24, 2.45) is 0 Å². The van der Waals surface area contributed by atoms with Crippen LogP contribution in [-0.4, -0.2) is 19.3 Å². The Bertz CT molecular complexity index is 508. The number of hydrogen-bond acceptors (Lipinski definition) is 1. The lowest BCUT2D eigenvalue weighted by Crippen LogP contribution is -2.56. The first kappa shape index (κ1) is 11.4. The van der Waals surface area contributed by atoms with E-state index < -0.39 is 8.07 Å². The van der Waals surface area contributed by atoms with Crippen LogP contribution in [-0.2, 0) is 0 Å². The zero-order valence-corrected chi connectivity index (χ0v) is 11.2. The lowest BCUT2D eigenvalue weighted by molar-refractivity contribution is 0.246. The molecule has 0 fully saturated rings. The zero-order chi connectivity index (χ0) is 12.4. The van der Waals surface area contributed by atoms with Crippen LogP contribution in [0.5, 0.6) is 0 Å². The standard InChI is InChI=1S/C16H16OSi/c17-14-11-12-18(13-14,15-7-3-1-4-8-15)16-9-5-2-6-10-16/h1-12,14,17H,13H2/t14-/m1/s1. The van der Waals surface area contributed by atoms with Crippen LogP contribution in [0, 0.1) is 0 Å². The molecule has 1 aliphatic rings. The van der Waals surface area contributed by atoms with Crippen LogP contribution in [0.15, 0.2) is 72.4 Å². The van der Waals surface area contributed by atoms with Crippen molar-refractivity contribution in [3.05, 3.63) is 72.4 Å². The number of aliphatic hydroxyl groups excluding tert-OH is 1. The van der Waals surface area contributed by atoms with Crippen molar-refractivity contribution in [3.63, 3.8) is 0 Å². The Morgan fingerprint density at radius 3 is 1.72 bits per heavy atom. The molecule has 2 aromatic carbocycles. The topological polar surface area (TPSA) is 20.2 Å². The first-order valence-corrected chi connectivity index (χ1v) is 8.58. The van der Waals surface area contributed by atoms with Gasteiger partial charge in [-0.05, 0) is 16.4 Å². The smallest absolute Gasteiger partial charge is 0.143 e. The minimum atomic E-state index is -1.88. The van der Waals surface area contributed by atoms with Crippen LogP contribution in [0.1, 0.15) is 0 Å². The van der Waals surface area contributed by atoms with E-state index in [4.69, 9.17) is 0 Å². The number of aliphatic hydroxyl groups is 1. The van der Waals surface area contributed by atoms with Gasteiger partial charge in [-0.15, -0.1) is 0 Å². The Kier molecular flexibility index (Phi) is 2.90. The summed E-state index contributed by atoms with van der Waals surface area (Å²) in [6.45, 7) is 0. The maximum absolute atomic E-state index is 9.94. The van der Waals surface area contributed by atoms with Crippen molar-refractivity contribution in [1.29, 1.82) is 0 Å². The van der Waals surface area contributed by atoms with E-state index in [1.807, 2.05) is 18.2 Å². The molecule has 2 aromatic rings. The first-order chi connectivity index (χ1) is 8.81. The summed E-state index contributed by atoms with van der Waals surface area (Å²) in [4.78, 5) is 0. The van der Waals surface area contributed by atoms with Crippen molar-refractivity contribution in [3.8, 4) is 0 Å². The predicted octanol–water partition coefficient (Wildman–Crippen LogP) is 1.72. The molecule has 2 heteroatoms. The van der Waals surface area contributed by atoms with E-state index in [1.54, 1.807) is 0 Å². The Morgan fingerprint density at radius 2 is 1.33 bits per heavy atom. The second-order valence-electron chi connectivity index (χ2n) is 4.83. The lowest BCUT2D eigenvalue weighted by atomic mass is 10.4. The van der Waals surface area contributed by atoms with Crippen molar-refractivity contribution in [1.82, 2.24) is 0 Å². The van der Waals surface area contributed by atoms with Gasteiger partial charge in [0, 0.05) is 0 Å². The number of rotatable bonds is 2. The molecule has 18 heavy (non-hydrogen) atoms. The molecule has 3 rings (SSSR count). The van der Waals surface area contributed by atoms with Crippen molar-refractivity contribution in [2.75, 3.05) is 0 Å². The quantitative estimate of drug-likeness (QED) is 0.807. The van der Waals surface area contributed by atoms with Gasteiger partial charge in [0.1, 0.15) is 8.07 Å². The third-order valence-corrected chi connectivity index (χ3v) is 8.26. The third-order valence-electron chi connectivity index (χ3n) is 3.71. The molecule has 0 spiro atoms. The Balaban J connectivity index is 2.15. The molecule has 1 heterocycles. The number of benzene rings is 2. The molecule has 1 N–H and O–H groups in total. The highest BCUT2D eigenvalue weighted by molar-refractivity contribution is 7.06. The van der Waals surface area contributed by atoms with E-state index in [9.17, 15) is 5.11 Å². The second-order valence-corrected chi connectivity index (χ2v) is 8.67. The van der Waals surface area contributed by atoms with Gasteiger partial charge in [0.2, 0.25) is 0 Å². The normalized spacial score (nSPS) is 21.1. The molecule has 0 aromatic heterocycles. The van der Waals surface area contributed by atoms with Crippen molar-refractivity contribution < 1.29 is 5.11 Å². The van der Waals surface area contributed by atoms with Gasteiger partial charge in [-0.1, -0.05) is 72.4 Å². The molecule has 0 saturated carbocycles. The zero-order valence-electron chi connectivity index (χ0n) is 10.2. The van der Waals surface area contributed by atoms with Gasteiger partial charge in [-0.3, -0.25) is 0 Å². The van der Waals surface area contributed by atoms with Crippen LogP contribution in [0.25, 0.3) is 0 Å². The summed E-state index contributed by atoms with van der Waals surface area (Å²) in [6.07, 6.45) is 1.67. The van der Waals surface area contributed by atoms with Gasteiger partial charge in [-0.2, -0.15) is 0 Å². The highest BCUT2D eigenvalue weighted by Crippen LogP contribution is 2.22. The molecular formula is C16H16OSi. The lowest BCUT2D eigenvalue weighted by Gasteiger charge is -2.26. The monoisotopic (exact) mass is 252 g/mol. The predicted molar refractivity (Wildman–Crippen MR) is 77.9 cm³/mol. The molecule has 0 amide bonds. The SMILES string of the molecule is O[C@@H]1C=C[Si](c2ccccc2)(c2ccccc2)C1. The minimum Gasteiger partial charge on any atom is -0.389 e. The summed E-state index contributed by atoms with van der Waals surface area (Å²) in [7, 11) is -1.88. The molecule has 0 unspecified atom stereocenters. The molecular weight excluding hydrogens is 236 g/mol. The molecule has 90 valence electrons. The molecule has 1 nitrogen and oxygen atoms in total. The Morgan fingerprint density at radius 1 is 0.833 bits per heavy atom. The average molecular weight is 252 g/mol. The van der Waals surface area contributed by atoms with Gasteiger partial charge >= 0.3 is 0 Å². The molecule has 0 bridgehead atoms. The van der Waals surface area contributed by atoms with Crippen LogP contribution in [0.3, 0.4) is 0 Å². The summed E-state index contributed by atoms with van der Waals surface area (Å²) < 4.78 is 0.